The summed E-state index contributed by atoms with van der Waals surface area (Å²) in [5, 5.41) is 23.0. The van der Waals surface area contributed by atoms with Gasteiger partial charge >= 0.3 is 0 Å². The number of anilines is 1. The molecule has 2 aromatic heterocycles. The molecular formula is C26H29ClN3O5-. The van der Waals surface area contributed by atoms with Gasteiger partial charge < -0.3 is 24.3 Å². The zero-order valence-corrected chi connectivity index (χ0v) is 20.9. The van der Waals surface area contributed by atoms with Crippen molar-refractivity contribution >= 4 is 29.2 Å². The van der Waals surface area contributed by atoms with E-state index in [-0.39, 0.29) is 31.1 Å². The zero-order chi connectivity index (χ0) is 25.1. The normalized spacial score (nSPS) is 14.3. The van der Waals surface area contributed by atoms with Crippen LogP contribution >= 0.6 is 11.6 Å². The SMILES string of the molecule is Cc1ccc(NC(=O)C[C@H](CCC(=O)[O-])c2noc(-c3cc(CC(C)C)on3)c2C2CC2)c(Cl)c1. The van der Waals surface area contributed by atoms with Crippen molar-refractivity contribution in [3.63, 3.8) is 0 Å². The Morgan fingerprint density at radius 1 is 1.20 bits per heavy atom. The van der Waals surface area contributed by atoms with E-state index < -0.39 is 11.9 Å². The minimum absolute atomic E-state index is 0.0284. The van der Waals surface area contributed by atoms with Crippen molar-refractivity contribution in [2.24, 2.45) is 5.92 Å². The van der Waals surface area contributed by atoms with Gasteiger partial charge in [0.2, 0.25) is 5.91 Å². The van der Waals surface area contributed by atoms with Gasteiger partial charge in [-0.1, -0.05) is 41.8 Å². The minimum Gasteiger partial charge on any atom is -0.550 e. The lowest BCUT2D eigenvalue weighted by atomic mass is 9.90. The molecule has 1 aliphatic rings. The van der Waals surface area contributed by atoms with Gasteiger partial charge in [-0.25, -0.2) is 0 Å². The van der Waals surface area contributed by atoms with Crippen molar-refractivity contribution in [3.8, 4) is 11.5 Å². The molecule has 2 heterocycles. The summed E-state index contributed by atoms with van der Waals surface area (Å²) in [5.74, 6) is 0.0103. The van der Waals surface area contributed by atoms with Crippen LogP contribution in [-0.4, -0.2) is 22.2 Å². The fourth-order valence-electron chi connectivity index (χ4n) is 4.25. The smallest absolute Gasteiger partial charge is 0.225 e. The molecule has 0 unspecified atom stereocenters. The molecule has 0 spiro atoms. The average Bonchev–Trinajstić information content (AvgIpc) is 3.36. The molecule has 1 aromatic carbocycles. The molecule has 1 aliphatic carbocycles. The van der Waals surface area contributed by atoms with E-state index in [4.69, 9.17) is 20.6 Å². The summed E-state index contributed by atoms with van der Waals surface area (Å²) in [4.78, 5) is 24.2. The summed E-state index contributed by atoms with van der Waals surface area (Å²) in [6, 6.07) is 7.23. The van der Waals surface area contributed by atoms with Crippen LogP contribution in [0.5, 0.6) is 0 Å². The lowest BCUT2D eigenvalue weighted by molar-refractivity contribution is -0.305. The number of rotatable bonds is 11. The van der Waals surface area contributed by atoms with Crippen LogP contribution in [0.15, 0.2) is 33.3 Å². The number of hydrogen-bond donors (Lipinski definition) is 1. The summed E-state index contributed by atoms with van der Waals surface area (Å²) in [6.45, 7) is 6.11. The summed E-state index contributed by atoms with van der Waals surface area (Å²) < 4.78 is 11.2. The van der Waals surface area contributed by atoms with E-state index in [1.54, 1.807) is 12.1 Å². The number of nitrogens with zero attached hydrogens (tertiary/aromatic N) is 2. The van der Waals surface area contributed by atoms with Gasteiger partial charge in [-0.05, 0) is 62.1 Å². The number of carbonyl (C=O) groups excluding carboxylic acids is 2. The fraction of sp³-hybridized carbons (Fsp3) is 0.462. The third-order valence-electron chi connectivity index (χ3n) is 6.06. The number of carboxylic acid groups (broad SMARTS) is 1. The Morgan fingerprint density at radius 2 is 1.97 bits per heavy atom. The van der Waals surface area contributed by atoms with Crippen molar-refractivity contribution in [3.05, 3.63) is 51.9 Å². The first kappa shape index (κ1) is 25.0. The zero-order valence-electron chi connectivity index (χ0n) is 20.1. The predicted octanol–water partition coefficient (Wildman–Crippen LogP) is 5.01. The maximum Gasteiger partial charge on any atom is 0.225 e. The van der Waals surface area contributed by atoms with Crippen LogP contribution in [0.25, 0.3) is 11.5 Å². The highest BCUT2D eigenvalue weighted by molar-refractivity contribution is 6.33. The maximum atomic E-state index is 12.9. The van der Waals surface area contributed by atoms with Gasteiger partial charge in [0.15, 0.2) is 11.5 Å². The van der Waals surface area contributed by atoms with Gasteiger partial charge in [-0.2, -0.15) is 0 Å². The van der Waals surface area contributed by atoms with E-state index >= 15 is 0 Å². The Hall–Kier alpha value is -3.13. The number of benzene rings is 1. The molecular weight excluding hydrogens is 470 g/mol. The van der Waals surface area contributed by atoms with Crippen LogP contribution in [0.1, 0.15) is 80.4 Å². The molecule has 0 aliphatic heterocycles. The van der Waals surface area contributed by atoms with Crippen LogP contribution in [-0.2, 0) is 16.0 Å². The summed E-state index contributed by atoms with van der Waals surface area (Å²) in [6.07, 6.45) is 2.72. The quantitative estimate of drug-likeness (QED) is 0.394. The number of carboxylic acids is 1. The van der Waals surface area contributed by atoms with Crippen LogP contribution in [0.2, 0.25) is 5.02 Å². The molecule has 9 heteroatoms. The summed E-state index contributed by atoms with van der Waals surface area (Å²) in [7, 11) is 0. The monoisotopic (exact) mass is 498 g/mol. The van der Waals surface area contributed by atoms with Crippen LogP contribution in [0.4, 0.5) is 5.69 Å². The number of amides is 1. The van der Waals surface area contributed by atoms with Gasteiger partial charge in [-0.3, -0.25) is 4.79 Å². The first-order chi connectivity index (χ1) is 16.7. The highest BCUT2D eigenvalue weighted by atomic mass is 35.5. The third-order valence-corrected chi connectivity index (χ3v) is 6.37. The Bertz CT molecular complexity index is 1210. The fourth-order valence-corrected chi connectivity index (χ4v) is 4.53. The topological polar surface area (TPSA) is 121 Å². The second kappa shape index (κ2) is 10.6. The van der Waals surface area contributed by atoms with E-state index in [1.807, 2.05) is 19.1 Å². The second-order valence-corrected chi connectivity index (χ2v) is 10.1. The number of hydrogen-bond acceptors (Lipinski definition) is 7. The highest BCUT2D eigenvalue weighted by Crippen LogP contribution is 2.48. The Labute approximate surface area is 209 Å². The van der Waals surface area contributed by atoms with Crippen LogP contribution < -0.4 is 10.4 Å². The Kier molecular flexibility index (Phi) is 7.60. The molecule has 35 heavy (non-hydrogen) atoms. The number of aromatic nitrogens is 2. The Balaban J connectivity index is 1.60. The molecule has 1 N–H and O–H groups in total. The second-order valence-electron chi connectivity index (χ2n) is 9.70. The van der Waals surface area contributed by atoms with Crippen molar-refractivity contribution in [1.82, 2.24) is 10.3 Å². The summed E-state index contributed by atoms with van der Waals surface area (Å²) >= 11 is 6.27. The lowest BCUT2D eigenvalue weighted by Crippen LogP contribution is -2.24. The van der Waals surface area contributed by atoms with E-state index in [9.17, 15) is 14.7 Å². The van der Waals surface area contributed by atoms with E-state index in [0.717, 1.165) is 36.1 Å². The first-order valence-electron chi connectivity index (χ1n) is 11.9. The summed E-state index contributed by atoms with van der Waals surface area (Å²) in [5.41, 5.74) is 3.54. The average molecular weight is 499 g/mol. The van der Waals surface area contributed by atoms with Crippen molar-refractivity contribution in [1.29, 1.82) is 0 Å². The van der Waals surface area contributed by atoms with E-state index in [0.29, 0.717) is 33.8 Å². The predicted molar refractivity (Wildman–Crippen MR) is 129 cm³/mol. The van der Waals surface area contributed by atoms with E-state index in [2.05, 4.69) is 29.5 Å². The molecule has 0 bridgehead atoms. The van der Waals surface area contributed by atoms with Crippen molar-refractivity contribution in [2.75, 3.05) is 5.32 Å². The molecule has 4 rings (SSSR count). The molecule has 0 radical (unpaired) electrons. The van der Waals surface area contributed by atoms with Gasteiger partial charge in [0.1, 0.15) is 5.76 Å². The molecule has 1 amide bonds. The number of carbonyl (C=O) groups is 2. The van der Waals surface area contributed by atoms with Gasteiger partial charge in [0, 0.05) is 36.4 Å². The first-order valence-corrected chi connectivity index (χ1v) is 12.3. The molecule has 8 nitrogen and oxygen atoms in total. The van der Waals surface area contributed by atoms with Crippen molar-refractivity contribution in [2.45, 2.75) is 71.1 Å². The number of aliphatic carboxylic acids is 1. The van der Waals surface area contributed by atoms with Crippen molar-refractivity contribution < 1.29 is 23.7 Å². The number of aryl methyl sites for hydroxylation is 1. The molecule has 1 fully saturated rings. The standard InChI is InChI=1S/C26H30ClN3O5/c1-14(2)10-18-13-21(29-34-18)26-24(16-5-6-16)25(30-35-26)17(7-9-23(32)33)12-22(31)28-20-8-4-15(3)11-19(20)27/h4,8,11,13-14,16-17H,5-7,9-10,12H2,1-3H3,(H,28,31)(H,32,33)/p-1/t17-/m0/s1. The number of nitrogens with one attached hydrogen (secondary N) is 1. The maximum absolute atomic E-state index is 12.9. The lowest BCUT2D eigenvalue weighted by Gasteiger charge is -2.17. The molecule has 186 valence electrons. The molecule has 1 saturated carbocycles. The van der Waals surface area contributed by atoms with Crippen LogP contribution in [0, 0.1) is 12.8 Å². The van der Waals surface area contributed by atoms with Gasteiger partial charge in [0.25, 0.3) is 0 Å². The van der Waals surface area contributed by atoms with E-state index in [1.165, 1.54) is 0 Å². The largest absolute Gasteiger partial charge is 0.550 e. The minimum atomic E-state index is -1.18. The van der Waals surface area contributed by atoms with Gasteiger partial charge in [0.05, 0.1) is 16.4 Å². The molecule has 0 saturated heterocycles. The Morgan fingerprint density at radius 3 is 2.63 bits per heavy atom. The van der Waals surface area contributed by atoms with Crippen LogP contribution in [0.3, 0.4) is 0 Å². The molecule has 3 aromatic rings. The highest BCUT2D eigenvalue weighted by Gasteiger charge is 2.37. The third kappa shape index (κ3) is 6.31. The number of halogens is 1. The molecule has 1 atom stereocenters. The van der Waals surface area contributed by atoms with Gasteiger partial charge in [-0.15, -0.1) is 0 Å².